The first-order valence-corrected chi connectivity index (χ1v) is 7.97. The molecule has 3 heteroatoms. The van der Waals surface area contributed by atoms with E-state index in [-0.39, 0.29) is 0 Å². The van der Waals surface area contributed by atoms with Crippen molar-refractivity contribution < 1.29 is 5.21 Å². The van der Waals surface area contributed by atoms with E-state index < -0.39 is 0 Å². The molecule has 0 spiro atoms. The van der Waals surface area contributed by atoms with Crippen LogP contribution in [0.1, 0.15) is 56.9 Å². The standard InChI is InChI=1S/C17H24N2O/c20-18-16-11-7-13-19(14-8-3-1-2-4-9-14)17-12-6-5-10-15(16)17/h5-6,10,12,14,20H,1-4,7-9,11,13H2/b18-16-. The second-order valence-electron chi connectivity index (χ2n) is 6.01. The molecule has 1 fully saturated rings. The lowest BCUT2D eigenvalue weighted by molar-refractivity contribution is 0.318. The first-order valence-electron chi connectivity index (χ1n) is 7.97. The molecule has 0 unspecified atom stereocenters. The summed E-state index contributed by atoms with van der Waals surface area (Å²) < 4.78 is 0. The van der Waals surface area contributed by atoms with Gasteiger partial charge in [0.1, 0.15) is 0 Å². The zero-order valence-electron chi connectivity index (χ0n) is 12.1. The fourth-order valence-corrected chi connectivity index (χ4v) is 3.69. The monoisotopic (exact) mass is 272 g/mol. The van der Waals surface area contributed by atoms with Gasteiger partial charge in [0, 0.05) is 23.8 Å². The van der Waals surface area contributed by atoms with E-state index in [0.717, 1.165) is 30.7 Å². The second kappa shape index (κ2) is 6.29. The number of hydrogen-bond acceptors (Lipinski definition) is 3. The van der Waals surface area contributed by atoms with Crippen molar-refractivity contribution in [1.29, 1.82) is 0 Å². The summed E-state index contributed by atoms with van der Waals surface area (Å²) in [5, 5.41) is 12.8. The molecule has 0 radical (unpaired) electrons. The molecule has 0 saturated heterocycles. The molecule has 0 bridgehead atoms. The topological polar surface area (TPSA) is 35.8 Å². The minimum absolute atomic E-state index is 0.664. The van der Waals surface area contributed by atoms with E-state index in [1.807, 2.05) is 6.07 Å². The van der Waals surface area contributed by atoms with Crippen molar-refractivity contribution in [3.8, 4) is 0 Å². The predicted octanol–water partition coefficient (Wildman–Crippen LogP) is 4.19. The average Bonchev–Trinajstić information content (AvgIpc) is 2.85. The van der Waals surface area contributed by atoms with Crippen molar-refractivity contribution in [3.63, 3.8) is 0 Å². The summed E-state index contributed by atoms with van der Waals surface area (Å²) in [7, 11) is 0. The van der Waals surface area contributed by atoms with Crippen molar-refractivity contribution in [2.24, 2.45) is 5.16 Å². The Hall–Kier alpha value is -1.51. The van der Waals surface area contributed by atoms with Crippen LogP contribution in [-0.4, -0.2) is 23.5 Å². The number of rotatable bonds is 1. The lowest BCUT2D eigenvalue weighted by Gasteiger charge is -2.33. The molecule has 1 aliphatic carbocycles. The van der Waals surface area contributed by atoms with E-state index in [1.54, 1.807) is 0 Å². The normalized spacial score (nSPS) is 23.2. The van der Waals surface area contributed by atoms with Gasteiger partial charge < -0.3 is 10.1 Å². The van der Waals surface area contributed by atoms with Crippen LogP contribution in [0.15, 0.2) is 29.4 Å². The van der Waals surface area contributed by atoms with Gasteiger partial charge in [-0.25, -0.2) is 0 Å². The van der Waals surface area contributed by atoms with E-state index in [4.69, 9.17) is 0 Å². The number of nitrogens with zero attached hydrogens (tertiary/aromatic N) is 2. The van der Waals surface area contributed by atoms with E-state index in [2.05, 4.69) is 28.3 Å². The Bertz CT molecular complexity index is 476. The predicted molar refractivity (Wildman–Crippen MR) is 82.8 cm³/mol. The number of para-hydroxylation sites is 1. The van der Waals surface area contributed by atoms with E-state index in [1.165, 1.54) is 44.2 Å². The first-order chi connectivity index (χ1) is 9.90. The van der Waals surface area contributed by atoms with Crippen molar-refractivity contribution in [3.05, 3.63) is 29.8 Å². The fraction of sp³-hybridized carbons (Fsp3) is 0.588. The molecular weight excluding hydrogens is 248 g/mol. The number of oxime groups is 1. The highest BCUT2D eigenvalue weighted by atomic mass is 16.4. The van der Waals surface area contributed by atoms with Crippen molar-refractivity contribution in [1.82, 2.24) is 0 Å². The summed E-state index contributed by atoms with van der Waals surface area (Å²) in [4.78, 5) is 2.58. The lowest BCUT2D eigenvalue weighted by Crippen LogP contribution is -2.35. The number of hydrogen-bond donors (Lipinski definition) is 1. The Morgan fingerprint density at radius 3 is 2.50 bits per heavy atom. The van der Waals surface area contributed by atoms with Crippen LogP contribution in [0.4, 0.5) is 5.69 Å². The maximum Gasteiger partial charge on any atom is 0.0889 e. The van der Waals surface area contributed by atoms with Gasteiger partial charge in [0.25, 0.3) is 0 Å². The van der Waals surface area contributed by atoms with E-state index in [0.29, 0.717) is 6.04 Å². The van der Waals surface area contributed by atoms with Crippen LogP contribution in [0.3, 0.4) is 0 Å². The quantitative estimate of drug-likeness (QED) is 0.473. The minimum Gasteiger partial charge on any atom is -0.411 e. The number of benzene rings is 1. The molecule has 1 aromatic rings. The SMILES string of the molecule is O/N=C1/CCCN(C2CCCCCC2)c2ccccc21. The van der Waals surface area contributed by atoms with Gasteiger partial charge in [-0.15, -0.1) is 0 Å². The Morgan fingerprint density at radius 2 is 1.75 bits per heavy atom. The summed E-state index contributed by atoms with van der Waals surface area (Å²) >= 11 is 0. The van der Waals surface area contributed by atoms with Gasteiger partial charge >= 0.3 is 0 Å². The highest BCUT2D eigenvalue weighted by molar-refractivity contribution is 6.05. The lowest BCUT2D eigenvalue weighted by atomic mass is 10.0. The van der Waals surface area contributed by atoms with Crippen LogP contribution in [0.5, 0.6) is 0 Å². The summed E-state index contributed by atoms with van der Waals surface area (Å²) in [6.07, 6.45) is 10.0. The Morgan fingerprint density at radius 1 is 1.00 bits per heavy atom. The first kappa shape index (κ1) is 13.5. The molecule has 108 valence electrons. The molecule has 2 aliphatic rings. The van der Waals surface area contributed by atoms with Gasteiger partial charge in [-0.2, -0.15) is 0 Å². The molecular formula is C17H24N2O. The molecule has 0 atom stereocenters. The average molecular weight is 272 g/mol. The molecule has 1 N–H and O–H groups in total. The molecule has 1 heterocycles. The third-order valence-corrected chi connectivity index (χ3v) is 4.72. The van der Waals surface area contributed by atoms with Crippen LogP contribution in [0.25, 0.3) is 0 Å². The summed E-state index contributed by atoms with van der Waals surface area (Å²) in [6.45, 7) is 1.08. The number of fused-ring (bicyclic) bond motifs is 1. The Labute approximate surface area is 121 Å². The number of anilines is 1. The van der Waals surface area contributed by atoms with Crippen LogP contribution in [-0.2, 0) is 0 Å². The molecule has 0 aromatic heterocycles. The summed E-state index contributed by atoms with van der Waals surface area (Å²) in [5.41, 5.74) is 3.23. The smallest absolute Gasteiger partial charge is 0.0889 e. The molecule has 0 amide bonds. The van der Waals surface area contributed by atoms with Gasteiger partial charge in [-0.05, 0) is 31.7 Å². The molecule has 3 rings (SSSR count). The molecule has 1 aromatic carbocycles. The maximum atomic E-state index is 9.27. The zero-order chi connectivity index (χ0) is 13.8. The van der Waals surface area contributed by atoms with E-state index in [9.17, 15) is 5.21 Å². The summed E-state index contributed by atoms with van der Waals surface area (Å²) in [5.74, 6) is 0. The molecule has 20 heavy (non-hydrogen) atoms. The van der Waals surface area contributed by atoms with Crippen LogP contribution in [0, 0.1) is 0 Å². The zero-order valence-corrected chi connectivity index (χ0v) is 12.1. The Kier molecular flexibility index (Phi) is 4.24. The highest BCUT2D eigenvalue weighted by Crippen LogP contribution is 2.32. The second-order valence-corrected chi connectivity index (χ2v) is 6.01. The van der Waals surface area contributed by atoms with Crippen molar-refractivity contribution in [2.75, 3.05) is 11.4 Å². The largest absolute Gasteiger partial charge is 0.411 e. The van der Waals surface area contributed by atoms with Crippen LogP contribution in [0.2, 0.25) is 0 Å². The third kappa shape index (κ3) is 2.67. The van der Waals surface area contributed by atoms with Crippen LogP contribution >= 0.6 is 0 Å². The molecule has 1 saturated carbocycles. The molecule has 1 aliphatic heterocycles. The van der Waals surface area contributed by atoms with Gasteiger partial charge in [-0.3, -0.25) is 0 Å². The van der Waals surface area contributed by atoms with Gasteiger partial charge in [0.15, 0.2) is 0 Å². The third-order valence-electron chi connectivity index (χ3n) is 4.72. The van der Waals surface area contributed by atoms with Gasteiger partial charge in [0.2, 0.25) is 0 Å². The minimum atomic E-state index is 0.664. The maximum absolute atomic E-state index is 9.27. The highest BCUT2D eigenvalue weighted by Gasteiger charge is 2.25. The fourth-order valence-electron chi connectivity index (χ4n) is 3.69. The van der Waals surface area contributed by atoms with Crippen LogP contribution < -0.4 is 4.90 Å². The van der Waals surface area contributed by atoms with E-state index >= 15 is 0 Å². The van der Waals surface area contributed by atoms with Gasteiger partial charge in [-0.1, -0.05) is 49.0 Å². The Balaban J connectivity index is 1.94. The van der Waals surface area contributed by atoms with Crippen molar-refractivity contribution in [2.45, 2.75) is 57.4 Å². The van der Waals surface area contributed by atoms with Gasteiger partial charge in [0.05, 0.1) is 5.71 Å². The van der Waals surface area contributed by atoms with Crippen molar-refractivity contribution >= 4 is 11.4 Å². The summed E-state index contributed by atoms with van der Waals surface area (Å²) in [6, 6.07) is 9.09. The molecule has 3 nitrogen and oxygen atoms in total.